The van der Waals surface area contributed by atoms with Gasteiger partial charge in [0.25, 0.3) is 0 Å². The molecule has 1 aromatic carbocycles. The van der Waals surface area contributed by atoms with Gasteiger partial charge < -0.3 is 10.2 Å². The Kier molecular flexibility index (Phi) is 5.75. The van der Waals surface area contributed by atoms with Gasteiger partial charge in [0.15, 0.2) is 0 Å². The molecule has 1 saturated heterocycles. The Hall–Kier alpha value is -1.20. The van der Waals surface area contributed by atoms with Crippen molar-refractivity contribution in [3.63, 3.8) is 0 Å². The normalized spacial score (nSPS) is 20.5. The molecule has 2 aliphatic rings. The number of benzene rings is 1. The molecule has 1 aromatic rings. The molecule has 0 spiro atoms. The molecule has 3 rings (SSSR count). The summed E-state index contributed by atoms with van der Waals surface area (Å²) in [6, 6.07) is 4.03. The summed E-state index contributed by atoms with van der Waals surface area (Å²) in [6.07, 6.45) is 4.56. The van der Waals surface area contributed by atoms with Crippen LogP contribution in [-0.4, -0.2) is 29.4 Å². The third-order valence-electron chi connectivity index (χ3n) is 4.25. The zero-order chi connectivity index (χ0) is 14.8. The van der Waals surface area contributed by atoms with Crippen LogP contribution in [0.1, 0.15) is 37.7 Å². The van der Waals surface area contributed by atoms with E-state index in [-0.39, 0.29) is 36.9 Å². The molecule has 1 aliphatic heterocycles. The van der Waals surface area contributed by atoms with Crippen molar-refractivity contribution >= 4 is 18.3 Å². The van der Waals surface area contributed by atoms with Gasteiger partial charge >= 0.3 is 0 Å². The highest BCUT2D eigenvalue weighted by molar-refractivity contribution is 5.85. The van der Waals surface area contributed by atoms with Crippen LogP contribution < -0.4 is 5.32 Å². The van der Waals surface area contributed by atoms with E-state index >= 15 is 0 Å². The number of rotatable bonds is 5. The number of halogens is 3. The topological polar surface area (TPSA) is 32.3 Å². The van der Waals surface area contributed by atoms with E-state index in [4.69, 9.17) is 0 Å². The van der Waals surface area contributed by atoms with Gasteiger partial charge in [-0.25, -0.2) is 8.78 Å². The number of amides is 1. The van der Waals surface area contributed by atoms with Crippen LogP contribution in [0.2, 0.25) is 0 Å². The first kappa shape index (κ1) is 17.2. The molecule has 22 heavy (non-hydrogen) atoms. The van der Waals surface area contributed by atoms with Gasteiger partial charge in [0, 0.05) is 36.7 Å². The fourth-order valence-corrected chi connectivity index (χ4v) is 2.90. The Morgan fingerprint density at radius 1 is 1.27 bits per heavy atom. The molecular formula is C16H21ClF2N2O. The molecule has 1 atom stereocenters. The maximum absolute atomic E-state index is 13.8. The van der Waals surface area contributed by atoms with E-state index < -0.39 is 11.6 Å². The number of nitrogens with zero attached hydrogens (tertiary/aromatic N) is 1. The minimum absolute atomic E-state index is 0. The summed E-state index contributed by atoms with van der Waals surface area (Å²) in [6.45, 7) is 1.20. The van der Waals surface area contributed by atoms with Crippen LogP contribution in [-0.2, 0) is 11.3 Å². The molecule has 122 valence electrons. The zero-order valence-electron chi connectivity index (χ0n) is 12.4. The average molecular weight is 331 g/mol. The molecular weight excluding hydrogens is 310 g/mol. The van der Waals surface area contributed by atoms with Crippen LogP contribution in [0, 0.1) is 11.6 Å². The van der Waals surface area contributed by atoms with Gasteiger partial charge in [-0.1, -0.05) is 6.07 Å². The van der Waals surface area contributed by atoms with Crippen LogP contribution in [0.4, 0.5) is 8.78 Å². The van der Waals surface area contributed by atoms with E-state index in [0.29, 0.717) is 12.0 Å². The van der Waals surface area contributed by atoms with Crippen molar-refractivity contribution in [3.05, 3.63) is 35.4 Å². The lowest BCUT2D eigenvalue weighted by Crippen LogP contribution is -2.37. The lowest BCUT2D eigenvalue weighted by molar-refractivity contribution is -0.132. The Bertz CT molecular complexity index is 531. The fraction of sp³-hybridized carbons (Fsp3) is 0.562. The highest BCUT2D eigenvalue weighted by Gasteiger charge is 2.34. The summed E-state index contributed by atoms with van der Waals surface area (Å²) in [4.78, 5) is 14.2. The summed E-state index contributed by atoms with van der Waals surface area (Å²) < 4.78 is 26.7. The standard InChI is InChI=1S/C16H20F2N2O.ClH/c17-12-4-3-11(15(18)8-12)10-20(14-5-6-14)16(21)9-13-2-1-7-19-13;/h3-4,8,13-14,19H,1-2,5-7,9-10H2;1H. The SMILES string of the molecule is Cl.O=C(CC1CCCN1)N(Cc1ccc(F)cc1F)C1CC1. The zero-order valence-corrected chi connectivity index (χ0v) is 13.2. The molecule has 1 heterocycles. The Morgan fingerprint density at radius 3 is 2.64 bits per heavy atom. The van der Waals surface area contributed by atoms with E-state index in [1.807, 2.05) is 0 Å². The van der Waals surface area contributed by atoms with Crippen molar-refractivity contribution in [2.45, 2.75) is 50.7 Å². The molecule has 0 aromatic heterocycles. The summed E-state index contributed by atoms with van der Waals surface area (Å²) in [7, 11) is 0. The monoisotopic (exact) mass is 330 g/mol. The number of hydrogen-bond acceptors (Lipinski definition) is 2. The smallest absolute Gasteiger partial charge is 0.224 e. The van der Waals surface area contributed by atoms with Crippen LogP contribution in [0.5, 0.6) is 0 Å². The lowest BCUT2D eigenvalue weighted by atomic mass is 10.1. The van der Waals surface area contributed by atoms with Gasteiger partial charge in [0.2, 0.25) is 5.91 Å². The number of carbonyl (C=O) groups is 1. The van der Waals surface area contributed by atoms with E-state index in [1.54, 1.807) is 4.90 Å². The van der Waals surface area contributed by atoms with E-state index in [0.717, 1.165) is 38.3 Å². The predicted molar refractivity (Wildman–Crippen MR) is 82.8 cm³/mol. The van der Waals surface area contributed by atoms with Crippen LogP contribution >= 0.6 is 12.4 Å². The molecule has 3 nitrogen and oxygen atoms in total. The summed E-state index contributed by atoms with van der Waals surface area (Å²) >= 11 is 0. The molecule has 0 radical (unpaired) electrons. The minimum atomic E-state index is -0.587. The largest absolute Gasteiger partial charge is 0.335 e. The van der Waals surface area contributed by atoms with Crippen LogP contribution in [0.15, 0.2) is 18.2 Å². The van der Waals surface area contributed by atoms with Crippen molar-refractivity contribution in [1.82, 2.24) is 10.2 Å². The van der Waals surface area contributed by atoms with E-state index in [2.05, 4.69) is 5.32 Å². The molecule has 1 amide bonds. The number of hydrogen-bond donors (Lipinski definition) is 1. The highest BCUT2D eigenvalue weighted by atomic mass is 35.5. The lowest BCUT2D eigenvalue weighted by Gasteiger charge is -2.24. The van der Waals surface area contributed by atoms with Crippen molar-refractivity contribution in [1.29, 1.82) is 0 Å². The molecule has 0 bridgehead atoms. The predicted octanol–water partition coefficient (Wildman–Crippen LogP) is 3.02. The minimum Gasteiger partial charge on any atom is -0.335 e. The van der Waals surface area contributed by atoms with E-state index in [1.165, 1.54) is 12.1 Å². The second-order valence-corrected chi connectivity index (χ2v) is 5.99. The van der Waals surface area contributed by atoms with Crippen LogP contribution in [0.3, 0.4) is 0 Å². The molecule has 1 N–H and O–H groups in total. The third kappa shape index (κ3) is 4.17. The summed E-state index contributed by atoms with van der Waals surface area (Å²) in [5.41, 5.74) is 0.385. The van der Waals surface area contributed by atoms with Gasteiger partial charge in [0.1, 0.15) is 11.6 Å². The first-order chi connectivity index (χ1) is 10.1. The van der Waals surface area contributed by atoms with Crippen molar-refractivity contribution in [2.24, 2.45) is 0 Å². The maximum Gasteiger partial charge on any atom is 0.224 e. The van der Waals surface area contributed by atoms with Crippen molar-refractivity contribution in [2.75, 3.05) is 6.54 Å². The summed E-state index contributed by atoms with van der Waals surface area (Å²) in [5.74, 6) is -1.09. The van der Waals surface area contributed by atoms with Crippen molar-refractivity contribution < 1.29 is 13.6 Å². The maximum atomic E-state index is 13.8. The average Bonchev–Trinajstić information content (AvgIpc) is 3.15. The second-order valence-electron chi connectivity index (χ2n) is 5.99. The van der Waals surface area contributed by atoms with Gasteiger partial charge in [-0.15, -0.1) is 12.4 Å². The Morgan fingerprint density at radius 2 is 2.05 bits per heavy atom. The highest BCUT2D eigenvalue weighted by Crippen LogP contribution is 2.30. The Balaban J connectivity index is 0.00000176. The van der Waals surface area contributed by atoms with Gasteiger partial charge in [-0.3, -0.25) is 4.79 Å². The molecule has 1 unspecified atom stereocenters. The fourth-order valence-electron chi connectivity index (χ4n) is 2.90. The van der Waals surface area contributed by atoms with Crippen LogP contribution in [0.25, 0.3) is 0 Å². The second kappa shape index (κ2) is 7.38. The van der Waals surface area contributed by atoms with Gasteiger partial charge in [-0.05, 0) is 38.3 Å². The third-order valence-corrected chi connectivity index (χ3v) is 4.25. The first-order valence-electron chi connectivity index (χ1n) is 7.60. The molecule has 2 fully saturated rings. The van der Waals surface area contributed by atoms with Crippen molar-refractivity contribution in [3.8, 4) is 0 Å². The molecule has 1 aliphatic carbocycles. The number of nitrogens with one attached hydrogen (secondary N) is 1. The van der Waals surface area contributed by atoms with E-state index in [9.17, 15) is 13.6 Å². The molecule has 6 heteroatoms. The molecule has 1 saturated carbocycles. The quantitative estimate of drug-likeness (QED) is 0.900. The number of carbonyl (C=O) groups excluding carboxylic acids is 1. The van der Waals surface area contributed by atoms with Gasteiger partial charge in [-0.2, -0.15) is 0 Å². The van der Waals surface area contributed by atoms with Gasteiger partial charge in [0.05, 0.1) is 0 Å². The Labute approximate surface area is 135 Å². The first-order valence-corrected chi connectivity index (χ1v) is 7.60. The summed E-state index contributed by atoms with van der Waals surface area (Å²) in [5, 5.41) is 3.31.